The van der Waals surface area contributed by atoms with Crippen molar-refractivity contribution in [2.24, 2.45) is 5.41 Å². The molecule has 0 radical (unpaired) electrons. The summed E-state index contributed by atoms with van der Waals surface area (Å²) < 4.78 is 11.1. The molecule has 17 heavy (non-hydrogen) atoms. The van der Waals surface area contributed by atoms with Crippen LogP contribution in [0.4, 0.5) is 0 Å². The van der Waals surface area contributed by atoms with E-state index < -0.39 is 5.60 Å². The average molecular weight is 240 g/mol. The third-order valence-electron chi connectivity index (χ3n) is 4.58. The fourth-order valence-corrected chi connectivity index (χ4v) is 3.16. The third-order valence-corrected chi connectivity index (χ3v) is 4.58. The minimum atomic E-state index is -0.625. The Labute approximate surface area is 104 Å². The first-order chi connectivity index (χ1) is 7.91. The van der Waals surface area contributed by atoms with Gasteiger partial charge in [-0.3, -0.25) is 0 Å². The van der Waals surface area contributed by atoms with Crippen molar-refractivity contribution in [2.45, 2.75) is 71.0 Å². The van der Waals surface area contributed by atoms with Gasteiger partial charge in [0.05, 0.1) is 6.61 Å². The van der Waals surface area contributed by atoms with Crippen LogP contribution in [-0.2, 0) is 14.3 Å². The molecule has 2 aliphatic rings. The van der Waals surface area contributed by atoms with Crippen LogP contribution < -0.4 is 0 Å². The van der Waals surface area contributed by atoms with Crippen molar-refractivity contribution in [1.29, 1.82) is 0 Å². The number of rotatable bonds is 3. The zero-order chi connectivity index (χ0) is 12.7. The Hall–Kier alpha value is -0.570. The van der Waals surface area contributed by atoms with Crippen molar-refractivity contribution in [3.05, 3.63) is 0 Å². The van der Waals surface area contributed by atoms with Crippen LogP contribution in [-0.4, -0.2) is 23.8 Å². The first kappa shape index (κ1) is 12.9. The lowest BCUT2D eigenvalue weighted by atomic mass is 9.69. The SMILES string of the molecule is CCOC(=O)C1(CC)OC12CCC(C)(C)CC2. The Balaban J connectivity index is 2.08. The molecule has 98 valence electrons. The van der Waals surface area contributed by atoms with Gasteiger partial charge in [0.15, 0.2) is 5.60 Å². The van der Waals surface area contributed by atoms with E-state index >= 15 is 0 Å². The van der Waals surface area contributed by atoms with E-state index in [1.807, 2.05) is 13.8 Å². The van der Waals surface area contributed by atoms with Crippen LogP contribution in [0.2, 0.25) is 0 Å². The second kappa shape index (κ2) is 3.98. The van der Waals surface area contributed by atoms with Crippen LogP contribution >= 0.6 is 0 Å². The van der Waals surface area contributed by atoms with E-state index in [2.05, 4.69) is 13.8 Å². The van der Waals surface area contributed by atoms with Gasteiger partial charge in [0, 0.05) is 0 Å². The highest BCUT2D eigenvalue weighted by Crippen LogP contribution is 2.61. The molecule has 0 aromatic rings. The highest BCUT2D eigenvalue weighted by Gasteiger charge is 2.74. The number of hydrogen-bond acceptors (Lipinski definition) is 3. The van der Waals surface area contributed by atoms with E-state index in [9.17, 15) is 4.79 Å². The predicted octanol–water partition coefficient (Wildman–Crippen LogP) is 3.07. The van der Waals surface area contributed by atoms with Crippen molar-refractivity contribution in [3.63, 3.8) is 0 Å². The number of esters is 1. The van der Waals surface area contributed by atoms with Gasteiger partial charge in [-0.1, -0.05) is 20.8 Å². The van der Waals surface area contributed by atoms with Crippen molar-refractivity contribution < 1.29 is 14.3 Å². The normalized spacial score (nSPS) is 33.4. The van der Waals surface area contributed by atoms with E-state index in [0.29, 0.717) is 12.0 Å². The van der Waals surface area contributed by atoms with Gasteiger partial charge in [0.25, 0.3) is 0 Å². The van der Waals surface area contributed by atoms with Crippen LogP contribution in [0.1, 0.15) is 59.8 Å². The summed E-state index contributed by atoms with van der Waals surface area (Å²) in [5.74, 6) is -0.151. The smallest absolute Gasteiger partial charge is 0.341 e. The Morgan fingerprint density at radius 2 is 1.76 bits per heavy atom. The molecule has 2 rings (SSSR count). The van der Waals surface area contributed by atoms with Crippen molar-refractivity contribution >= 4 is 5.97 Å². The minimum absolute atomic E-state index is 0.151. The van der Waals surface area contributed by atoms with Crippen LogP contribution in [0.5, 0.6) is 0 Å². The molecule has 2 fully saturated rings. The lowest BCUT2D eigenvalue weighted by Gasteiger charge is -2.34. The monoisotopic (exact) mass is 240 g/mol. The standard InChI is InChI=1S/C14H24O3/c1-5-14(11(15)16-6-2)13(17-14)9-7-12(3,4)8-10-13/h5-10H2,1-4H3. The first-order valence-corrected chi connectivity index (χ1v) is 6.79. The summed E-state index contributed by atoms with van der Waals surface area (Å²) in [5.41, 5.74) is -0.436. The molecular formula is C14H24O3. The van der Waals surface area contributed by atoms with E-state index in [1.165, 1.54) is 0 Å². The number of carbonyl (C=O) groups excluding carboxylic acids is 1. The summed E-state index contributed by atoms with van der Waals surface area (Å²) in [6, 6.07) is 0. The Morgan fingerprint density at radius 3 is 2.24 bits per heavy atom. The van der Waals surface area contributed by atoms with Gasteiger partial charge in [-0.25, -0.2) is 4.79 Å². The molecule has 0 bridgehead atoms. The van der Waals surface area contributed by atoms with Crippen LogP contribution in [0.15, 0.2) is 0 Å². The topological polar surface area (TPSA) is 38.8 Å². The van der Waals surface area contributed by atoms with Gasteiger partial charge in [0.2, 0.25) is 0 Å². The highest BCUT2D eigenvalue weighted by atomic mass is 16.7. The lowest BCUT2D eigenvalue weighted by molar-refractivity contribution is -0.149. The molecule has 3 heteroatoms. The number of ether oxygens (including phenoxy) is 2. The number of epoxide rings is 1. The first-order valence-electron chi connectivity index (χ1n) is 6.79. The molecule has 1 saturated carbocycles. The van der Waals surface area contributed by atoms with Crippen molar-refractivity contribution in [1.82, 2.24) is 0 Å². The summed E-state index contributed by atoms with van der Waals surface area (Å²) in [7, 11) is 0. The molecule has 0 amide bonds. The van der Waals surface area contributed by atoms with E-state index in [-0.39, 0.29) is 11.6 Å². The fraction of sp³-hybridized carbons (Fsp3) is 0.929. The summed E-state index contributed by atoms with van der Waals surface area (Å²) >= 11 is 0. The Bertz CT molecular complexity index is 311. The Kier molecular flexibility index (Phi) is 3.01. The van der Waals surface area contributed by atoms with E-state index in [1.54, 1.807) is 0 Å². The van der Waals surface area contributed by atoms with Gasteiger partial charge >= 0.3 is 5.97 Å². The van der Waals surface area contributed by atoms with Crippen LogP contribution in [0.3, 0.4) is 0 Å². The minimum Gasteiger partial charge on any atom is -0.464 e. The van der Waals surface area contributed by atoms with Gasteiger partial charge in [0.1, 0.15) is 5.60 Å². The largest absolute Gasteiger partial charge is 0.464 e. The van der Waals surface area contributed by atoms with Crippen molar-refractivity contribution in [3.8, 4) is 0 Å². The maximum Gasteiger partial charge on any atom is 0.341 e. The summed E-state index contributed by atoms with van der Waals surface area (Å²) in [6.45, 7) is 8.89. The molecule has 1 unspecified atom stereocenters. The molecular weight excluding hydrogens is 216 g/mol. The summed E-state index contributed by atoms with van der Waals surface area (Å²) in [4.78, 5) is 12.0. The molecule has 1 atom stereocenters. The molecule has 1 aliphatic carbocycles. The maximum absolute atomic E-state index is 12.0. The molecule has 1 saturated heterocycles. The summed E-state index contributed by atoms with van der Waals surface area (Å²) in [5, 5.41) is 0. The third kappa shape index (κ3) is 1.88. The van der Waals surface area contributed by atoms with E-state index in [4.69, 9.17) is 9.47 Å². The molecule has 1 aliphatic heterocycles. The summed E-state index contributed by atoms with van der Waals surface area (Å²) in [6.07, 6.45) is 4.98. The van der Waals surface area contributed by atoms with Gasteiger partial charge < -0.3 is 9.47 Å². The maximum atomic E-state index is 12.0. The van der Waals surface area contributed by atoms with Gasteiger partial charge in [-0.2, -0.15) is 0 Å². The molecule has 0 N–H and O–H groups in total. The molecule has 1 heterocycles. The number of hydrogen-bond donors (Lipinski definition) is 0. The molecule has 0 aromatic heterocycles. The second-order valence-corrected chi connectivity index (χ2v) is 6.16. The van der Waals surface area contributed by atoms with Crippen LogP contribution in [0, 0.1) is 5.41 Å². The zero-order valence-corrected chi connectivity index (χ0v) is 11.5. The van der Waals surface area contributed by atoms with Gasteiger partial charge in [-0.05, 0) is 44.4 Å². The van der Waals surface area contributed by atoms with Gasteiger partial charge in [-0.15, -0.1) is 0 Å². The highest BCUT2D eigenvalue weighted by molar-refractivity contribution is 5.85. The fourth-order valence-electron chi connectivity index (χ4n) is 3.16. The van der Waals surface area contributed by atoms with Crippen LogP contribution in [0.25, 0.3) is 0 Å². The second-order valence-electron chi connectivity index (χ2n) is 6.16. The number of carbonyl (C=O) groups is 1. The molecule has 3 nitrogen and oxygen atoms in total. The van der Waals surface area contributed by atoms with Crippen molar-refractivity contribution in [2.75, 3.05) is 6.61 Å². The molecule has 1 spiro atoms. The Morgan fingerprint density at radius 1 is 1.18 bits per heavy atom. The molecule has 0 aromatic carbocycles. The quantitative estimate of drug-likeness (QED) is 0.562. The predicted molar refractivity (Wildman–Crippen MR) is 65.7 cm³/mol. The van der Waals surface area contributed by atoms with E-state index in [0.717, 1.165) is 32.1 Å². The zero-order valence-electron chi connectivity index (χ0n) is 11.5. The average Bonchev–Trinajstić information content (AvgIpc) is 2.94. The lowest BCUT2D eigenvalue weighted by Crippen LogP contribution is -2.39.